The molecule has 1 fully saturated rings. The van der Waals surface area contributed by atoms with Gasteiger partial charge >= 0.3 is 6.18 Å². The van der Waals surface area contributed by atoms with Gasteiger partial charge in [0.15, 0.2) is 5.69 Å². The average Bonchev–Trinajstić information content (AvgIpc) is 2.87. The van der Waals surface area contributed by atoms with Crippen molar-refractivity contribution in [2.75, 3.05) is 6.54 Å². The molecular weight excluding hydrogens is 307 g/mol. The highest BCUT2D eigenvalue weighted by molar-refractivity contribution is 5.93. The summed E-state index contributed by atoms with van der Waals surface area (Å²) in [6.07, 6.45) is -3.46. The summed E-state index contributed by atoms with van der Waals surface area (Å²) >= 11 is 0. The summed E-state index contributed by atoms with van der Waals surface area (Å²) in [5.74, 6) is -0.183. The zero-order valence-electron chi connectivity index (χ0n) is 12.8. The summed E-state index contributed by atoms with van der Waals surface area (Å²) in [7, 11) is 0. The van der Waals surface area contributed by atoms with Crippen molar-refractivity contribution < 1.29 is 18.0 Å². The van der Waals surface area contributed by atoms with E-state index in [0.717, 1.165) is 18.6 Å². The Morgan fingerprint density at radius 3 is 2.61 bits per heavy atom. The predicted octanol–water partition coefficient (Wildman–Crippen LogP) is 3.43. The van der Waals surface area contributed by atoms with Gasteiger partial charge in [0.25, 0.3) is 5.91 Å². The molecule has 1 aliphatic rings. The second-order valence-corrected chi connectivity index (χ2v) is 5.77. The molecule has 3 rings (SSSR count). The number of alkyl halides is 3. The molecule has 1 atom stereocenters. The third kappa shape index (κ3) is 2.83. The third-order valence-corrected chi connectivity index (χ3v) is 4.11. The summed E-state index contributed by atoms with van der Waals surface area (Å²) in [4.78, 5) is 14.0. The van der Waals surface area contributed by atoms with E-state index in [1.807, 2.05) is 6.92 Å². The van der Waals surface area contributed by atoms with Crippen LogP contribution in [0.1, 0.15) is 35.1 Å². The molecule has 0 radical (unpaired) electrons. The van der Waals surface area contributed by atoms with Crippen molar-refractivity contribution in [2.45, 2.75) is 32.5 Å². The van der Waals surface area contributed by atoms with Gasteiger partial charge in [-0.05, 0) is 44.5 Å². The average molecular weight is 323 g/mol. The monoisotopic (exact) mass is 323 g/mol. The number of benzene rings is 1. The van der Waals surface area contributed by atoms with Crippen molar-refractivity contribution in [2.24, 2.45) is 0 Å². The molecule has 0 aliphatic carbocycles. The van der Waals surface area contributed by atoms with Crippen LogP contribution in [0.5, 0.6) is 0 Å². The SMILES string of the molecule is Cc1cc(C(=O)N2CCC2C)nn1-c1cccc(C(F)(F)F)c1. The fourth-order valence-electron chi connectivity index (χ4n) is 2.62. The van der Waals surface area contributed by atoms with E-state index in [1.165, 1.54) is 16.8 Å². The molecule has 0 bridgehead atoms. The molecule has 4 nitrogen and oxygen atoms in total. The van der Waals surface area contributed by atoms with Crippen LogP contribution < -0.4 is 0 Å². The molecule has 0 spiro atoms. The lowest BCUT2D eigenvalue weighted by molar-refractivity contribution is -0.137. The van der Waals surface area contributed by atoms with Gasteiger partial charge in [0.1, 0.15) is 0 Å². The van der Waals surface area contributed by atoms with E-state index >= 15 is 0 Å². The van der Waals surface area contributed by atoms with Gasteiger partial charge in [-0.15, -0.1) is 0 Å². The first-order valence-electron chi connectivity index (χ1n) is 7.32. The molecule has 0 N–H and O–H groups in total. The van der Waals surface area contributed by atoms with Crippen LogP contribution in [0.4, 0.5) is 13.2 Å². The lowest BCUT2D eigenvalue weighted by atomic mass is 10.1. The van der Waals surface area contributed by atoms with Crippen molar-refractivity contribution in [3.63, 3.8) is 0 Å². The summed E-state index contributed by atoms with van der Waals surface area (Å²) in [5.41, 5.74) is 0.412. The first-order chi connectivity index (χ1) is 10.8. The van der Waals surface area contributed by atoms with Crippen molar-refractivity contribution in [1.29, 1.82) is 0 Å². The first-order valence-corrected chi connectivity index (χ1v) is 7.32. The van der Waals surface area contributed by atoms with Crippen LogP contribution in [0.15, 0.2) is 30.3 Å². The number of hydrogen-bond donors (Lipinski definition) is 0. The highest BCUT2D eigenvalue weighted by Crippen LogP contribution is 2.30. The standard InChI is InChI=1S/C16H16F3N3O/c1-10-6-7-21(10)15(23)14-8-11(2)22(20-14)13-5-3-4-12(9-13)16(17,18)19/h3-5,8-10H,6-7H2,1-2H3. The fourth-order valence-corrected chi connectivity index (χ4v) is 2.62. The van der Waals surface area contributed by atoms with Crippen LogP contribution in [0.2, 0.25) is 0 Å². The minimum Gasteiger partial charge on any atom is -0.334 e. The molecule has 1 amide bonds. The fraction of sp³-hybridized carbons (Fsp3) is 0.375. The highest BCUT2D eigenvalue weighted by Gasteiger charge is 2.32. The Bertz CT molecular complexity index is 751. The van der Waals surface area contributed by atoms with Crippen LogP contribution in [-0.2, 0) is 6.18 Å². The van der Waals surface area contributed by atoms with Gasteiger partial charge in [-0.3, -0.25) is 4.79 Å². The van der Waals surface area contributed by atoms with E-state index < -0.39 is 11.7 Å². The number of nitrogens with zero attached hydrogens (tertiary/aromatic N) is 3. The number of amides is 1. The summed E-state index contributed by atoms with van der Waals surface area (Å²) in [6.45, 7) is 4.36. The summed E-state index contributed by atoms with van der Waals surface area (Å²) in [6, 6.07) is 6.69. The second-order valence-electron chi connectivity index (χ2n) is 5.77. The molecule has 1 saturated heterocycles. The van der Waals surface area contributed by atoms with Gasteiger partial charge < -0.3 is 4.90 Å². The van der Waals surface area contributed by atoms with Gasteiger partial charge in [-0.25, -0.2) is 4.68 Å². The van der Waals surface area contributed by atoms with Crippen LogP contribution in [0.3, 0.4) is 0 Å². The molecule has 2 aromatic rings. The second kappa shape index (κ2) is 5.40. The molecule has 7 heteroatoms. The Morgan fingerprint density at radius 1 is 1.30 bits per heavy atom. The van der Waals surface area contributed by atoms with Crippen LogP contribution in [0, 0.1) is 6.92 Å². The lowest BCUT2D eigenvalue weighted by Gasteiger charge is -2.38. The van der Waals surface area contributed by atoms with Crippen molar-refractivity contribution >= 4 is 5.91 Å². The van der Waals surface area contributed by atoms with E-state index in [4.69, 9.17) is 0 Å². The van der Waals surface area contributed by atoms with Gasteiger partial charge in [-0.2, -0.15) is 18.3 Å². The van der Waals surface area contributed by atoms with Gasteiger partial charge in [0.2, 0.25) is 0 Å². The number of likely N-dealkylation sites (tertiary alicyclic amines) is 1. The Labute approximate surface area is 131 Å². The van der Waals surface area contributed by atoms with Crippen molar-refractivity contribution in [3.8, 4) is 5.69 Å². The Morgan fingerprint density at radius 2 is 2.04 bits per heavy atom. The maximum absolute atomic E-state index is 12.8. The molecule has 1 aliphatic heterocycles. The third-order valence-electron chi connectivity index (χ3n) is 4.11. The normalized spacial score (nSPS) is 18.0. The zero-order valence-corrected chi connectivity index (χ0v) is 12.8. The van der Waals surface area contributed by atoms with Gasteiger partial charge in [0.05, 0.1) is 11.3 Å². The Kier molecular flexibility index (Phi) is 3.66. The van der Waals surface area contributed by atoms with Crippen LogP contribution >= 0.6 is 0 Å². The number of hydrogen-bond acceptors (Lipinski definition) is 2. The van der Waals surface area contributed by atoms with Gasteiger partial charge in [0, 0.05) is 18.3 Å². The molecule has 122 valence electrons. The topological polar surface area (TPSA) is 38.1 Å². The maximum atomic E-state index is 12.8. The number of aromatic nitrogens is 2. The van der Waals surface area contributed by atoms with E-state index in [0.29, 0.717) is 12.2 Å². The summed E-state index contributed by atoms with van der Waals surface area (Å²) < 4.78 is 39.9. The lowest BCUT2D eigenvalue weighted by Crippen LogP contribution is -2.49. The van der Waals surface area contributed by atoms with Gasteiger partial charge in [-0.1, -0.05) is 6.07 Å². The van der Waals surface area contributed by atoms with E-state index in [2.05, 4.69) is 5.10 Å². The van der Waals surface area contributed by atoms with Crippen LogP contribution in [0.25, 0.3) is 5.69 Å². The first kappa shape index (κ1) is 15.6. The zero-order chi connectivity index (χ0) is 16.8. The highest BCUT2D eigenvalue weighted by atomic mass is 19.4. The minimum atomic E-state index is -4.41. The summed E-state index contributed by atoms with van der Waals surface area (Å²) in [5, 5.41) is 4.20. The molecule has 0 saturated carbocycles. The molecule has 2 heterocycles. The molecular formula is C16H16F3N3O. The van der Waals surface area contributed by atoms with E-state index in [1.54, 1.807) is 17.9 Å². The number of rotatable bonds is 2. The number of carbonyl (C=O) groups excluding carboxylic acids is 1. The van der Waals surface area contributed by atoms with E-state index in [9.17, 15) is 18.0 Å². The van der Waals surface area contributed by atoms with E-state index in [-0.39, 0.29) is 23.3 Å². The van der Waals surface area contributed by atoms with Crippen molar-refractivity contribution in [3.05, 3.63) is 47.3 Å². The smallest absolute Gasteiger partial charge is 0.334 e. The molecule has 1 aromatic heterocycles. The quantitative estimate of drug-likeness (QED) is 0.849. The Balaban J connectivity index is 1.94. The maximum Gasteiger partial charge on any atom is 0.416 e. The number of carbonyl (C=O) groups is 1. The van der Waals surface area contributed by atoms with Crippen LogP contribution in [-0.4, -0.2) is 33.2 Å². The molecule has 23 heavy (non-hydrogen) atoms. The Hall–Kier alpha value is -2.31. The molecule has 1 aromatic carbocycles. The minimum absolute atomic E-state index is 0.182. The molecule has 1 unspecified atom stereocenters. The number of aryl methyl sites for hydroxylation is 1. The predicted molar refractivity (Wildman–Crippen MR) is 78.4 cm³/mol. The largest absolute Gasteiger partial charge is 0.416 e. The number of halogens is 3. The van der Waals surface area contributed by atoms with Crippen molar-refractivity contribution in [1.82, 2.24) is 14.7 Å².